The molecule has 4 aromatic rings. The molecule has 0 unspecified atom stereocenters. The van der Waals surface area contributed by atoms with E-state index >= 15 is 0 Å². The average Bonchev–Trinajstić information content (AvgIpc) is 3.38. The Labute approximate surface area is 288 Å². The number of allylic oxidation sites excluding steroid dienone is 1. The summed E-state index contributed by atoms with van der Waals surface area (Å²) in [5.74, 6) is -2.13. The van der Waals surface area contributed by atoms with Gasteiger partial charge in [-0.1, -0.05) is 42.5 Å². The molecule has 50 heavy (non-hydrogen) atoms. The molecule has 252 valence electrons. The molecule has 2 amide bonds. The summed E-state index contributed by atoms with van der Waals surface area (Å²) in [5, 5.41) is 32.7. The second kappa shape index (κ2) is 14.1. The van der Waals surface area contributed by atoms with E-state index in [1.807, 2.05) is 60.7 Å². The molecular formula is C38H34BN3O8. The van der Waals surface area contributed by atoms with Crippen LogP contribution in [0.2, 0.25) is 6.32 Å². The summed E-state index contributed by atoms with van der Waals surface area (Å²) in [6, 6.07) is 27.4. The van der Waals surface area contributed by atoms with Gasteiger partial charge in [0.25, 0.3) is 5.69 Å². The van der Waals surface area contributed by atoms with Crippen LogP contribution in [0.15, 0.2) is 114 Å². The number of benzene rings is 3. The van der Waals surface area contributed by atoms with E-state index in [1.165, 1.54) is 24.3 Å². The fraction of sp³-hybridized carbons (Fsp3) is 0.237. The van der Waals surface area contributed by atoms with E-state index in [0.29, 0.717) is 18.6 Å². The smallest absolute Gasteiger partial charge is 0.455 e. The number of hydrogen-bond donors (Lipinski definition) is 2. The number of pyridine rings is 1. The number of para-hydroxylation sites is 1. The zero-order valence-corrected chi connectivity index (χ0v) is 27.0. The number of fused-ring (bicyclic) bond motifs is 3. The van der Waals surface area contributed by atoms with Gasteiger partial charge >= 0.3 is 7.12 Å². The number of non-ortho nitro benzene ring substituents is 1. The van der Waals surface area contributed by atoms with Gasteiger partial charge in [-0.05, 0) is 102 Å². The number of nitrogens with zero attached hydrogens (tertiary/aromatic N) is 3. The molecule has 2 aliphatic heterocycles. The van der Waals surface area contributed by atoms with Crippen molar-refractivity contribution in [1.29, 1.82) is 0 Å². The summed E-state index contributed by atoms with van der Waals surface area (Å²) in [6.07, 6.45) is 4.31. The number of nitro groups is 1. The summed E-state index contributed by atoms with van der Waals surface area (Å²) in [6.45, 7) is 0.152. The van der Waals surface area contributed by atoms with E-state index in [1.54, 1.807) is 24.4 Å². The summed E-state index contributed by atoms with van der Waals surface area (Å²) >= 11 is 0. The molecule has 3 aliphatic rings. The van der Waals surface area contributed by atoms with Crippen LogP contribution in [0.5, 0.6) is 11.5 Å². The summed E-state index contributed by atoms with van der Waals surface area (Å²) < 4.78 is 12.4. The Balaban J connectivity index is 1.24. The number of imide groups is 1. The number of amides is 2. The molecule has 3 aromatic carbocycles. The molecule has 2 N–H and O–H groups in total. The van der Waals surface area contributed by atoms with E-state index in [9.17, 15) is 29.8 Å². The van der Waals surface area contributed by atoms with Crippen molar-refractivity contribution in [2.45, 2.75) is 31.7 Å². The van der Waals surface area contributed by atoms with Gasteiger partial charge in [0, 0.05) is 18.3 Å². The van der Waals surface area contributed by atoms with E-state index in [-0.39, 0.29) is 36.5 Å². The second-order valence-corrected chi connectivity index (χ2v) is 12.7. The fourth-order valence-corrected chi connectivity index (χ4v) is 7.51. The van der Waals surface area contributed by atoms with Gasteiger partial charge < -0.3 is 19.5 Å². The first-order chi connectivity index (χ1) is 24.3. The van der Waals surface area contributed by atoms with E-state index in [4.69, 9.17) is 9.39 Å². The van der Waals surface area contributed by atoms with E-state index < -0.39 is 47.7 Å². The molecule has 2 fully saturated rings. The highest BCUT2D eigenvalue weighted by Gasteiger charge is 2.57. The van der Waals surface area contributed by atoms with E-state index in [0.717, 1.165) is 32.9 Å². The van der Waals surface area contributed by atoms with Crippen LogP contribution in [0.4, 0.5) is 11.4 Å². The van der Waals surface area contributed by atoms with Gasteiger partial charge in [-0.2, -0.15) is 0 Å². The highest BCUT2D eigenvalue weighted by molar-refractivity contribution is 6.43. The van der Waals surface area contributed by atoms with Gasteiger partial charge in [0.1, 0.15) is 18.1 Å². The lowest BCUT2D eigenvalue weighted by Crippen LogP contribution is -2.46. The third-order valence-corrected chi connectivity index (χ3v) is 9.64. The molecule has 12 heteroatoms. The summed E-state index contributed by atoms with van der Waals surface area (Å²) in [7, 11) is -1.19. The molecule has 2 saturated heterocycles. The van der Waals surface area contributed by atoms with Gasteiger partial charge in [-0.15, -0.1) is 0 Å². The van der Waals surface area contributed by atoms with Crippen molar-refractivity contribution in [3.63, 3.8) is 0 Å². The second-order valence-electron chi connectivity index (χ2n) is 12.7. The van der Waals surface area contributed by atoms with Crippen molar-refractivity contribution in [3.8, 4) is 11.5 Å². The molecule has 0 spiro atoms. The lowest BCUT2D eigenvalue weighted by Gasteiger charge is -2.43. The molecule has 4 atom stereocenters. The normalized spacial score (nSPS) is 22.0. The third-order valence-electron chi connectivity index (χ3n) is 9.64. The molecule has 0 radical (unpaired) electrons. The van der Waals surface area contributed by atoms with Crippen LogP contribution in [0.25, 0.3) is 11.6 Å². The van der Waals surface area contributed by atoms with Crippen molar-refractivity contribution in [2.24, 2.45) is 17.8 Å². The van der Waals surface area contributed by atoms with Crippen molar-refractivity contribution in [2.75, 3.05) is 11.5 Å². The lowest BCUT2D eigenvalue weighted by atomic mass is 9.58. The average molecular weight is 672 g/mol. The molecular weight excluding hydrogens is 637 g/mol. The molecule has 1 aromatic heterocycles. The minimum absolute atomic E-state index is 0.107. The quantitative estimate of drug-likeness (QED) is 0.0670. The van der Waals surface area contributed by atoms with Crippen LogP contribution >= 0.6 is 0 Å². The van der Waals surface area contributed by atoms with Gasteiger partial charge in [0.15, 0.2) is 0 Å². The zero-order valence-electron chi connectivity index (χ0n) is 27.0. The number of rotatable bonds is 10. The van der Waals surface area contributed by atoms with Crippen LogP contribution in [0.3, 0.4) is 0 Å². The van der Waals surface area contributed by atoms with Crippen LogP contribution in [-0.2, 0) is 14.2 Å². The highest BCUT2D eigenvalue weighted by Crippen LogP contribution is 2.51. The standard InChI is InChI=1S/C38H34BN3O8/c43-29-11-6-8-24(19-29)18-25(33-14-4-5-17-40-33)15-16-34-35-26(23-49-30-12-2-1-3-13-30)20-31-36(32(35)22-39(46)50-34)38(45)41(37(31)44)27-9-7-10-28(21-27)42(47)48/h1-14,17-19,21,31-32,34,36,43,46H,15-16,20,22-23H2/b25-18-/t31-,32+,34-,36-/m1/s1. The monoisotopic (exact) mass is 671 g/mol. The largest absolute Gasteiger partial charge is 0.508 e. The predicted octanol–water partition coefficient (Wildman–Crippen LogP) is 6.10. The van der Waals surface area contributed by atoms with E-state index in [2.05, 4.69) is 4.98 Å². The van der Waals surface area contributed by atoms with Crippen LogP contribution in [-0.4, -0.2) is 51.7 Å². The Morgan fingerprint density at radius 3 is 2.56 bits per heavy atom. The Bertz CT molecular complexity index is 1990. The summed E-state index contributed by atoms with van der Waals surface area (Å²) in [5.41, 5.74) is 4.02. The number of phenols is 1. The van der Waals surface area contributed by atoms with Crippen molar-refractivity contribution < 1.29 is 34.0 Å². The maximum absolute atomic E-state index is 14.2. The number of aromatic hydroxyl groups is 1. The Morgan fingerprint density at radius 2 is 1.80 bits per heavy atom. The SMILES string of the molecule is O=C1[C@@H]2[C@@H](CC(COc3ccccc3)=C3[C@@H](CC/C(=C/c4cccc(O)c4)c4ccccn4)OB(O)C[C@@H]32)C(=O)N1c1cccc([N+](=O)[O-])c1. The predicted molar refractivity (Wildman–Crippen MR) is 187 cm³/mol. The first-order valence-electron chi connectivity index (χ1n) is 16.5. The van der Waals surface area contributed by atoms with Gasteiger partial charge in [-0.3, -0.25) is 24.7 Å². The molecule has 1 aliphatic carbocycles. The molecule has 7 rings (SSSR count). The maximum atomic E-state index is 14.2. The molecule has 0 saturated carbocycles. The molecule has 11 nitrogen and oxygen atoms in total. The Morgan fingerprint density at radius 1 is 1.00 bits per heavy atom. The van der Waals surface area contributed by atoms with Crippen molar-refractivity contribution in [1.82, 2.24) is 4.98 Å². The fourth-order valence-electron chi connectivity index (χ4n) is 7.51. The molecule has 3 heterocycles. The van der Waals surface area contributed by atoms with Gasteiger partial charge in [-0.25, -0.2) is 4.90 Å². The number of nitro benzene ring substituents is 1. The Kier molecular flexibility index (Phi) is 9.29. The first-order valence-corrected chi connectivity index (χ1v) is 16.5. The number of phenolic OH excluding ortho intramolecular Hbond substituents is 1. The van der Waals surface area contributed by atoms with Gasteiger partial charge in [0.2, 0.25) is 11.8 Å². The van der Waals surface area contributed by atoms with Crippen LogP contribution < -0.4 is 9.64 Å². The number of ether oxygens (including phenoxy) is 1. The first kappa shape index (κ1) is 32.9. The third kappa shape index (κ3) is 6.67. The maximum Gasteiger partial charge on any atom is 0.455 e. The topological polar surface area (TPSA) is 152 Å². The van der Waals surface area contributed by atoms with Crippen molar-refractivity contribution in [3.05, 3.63) is 136 Å². The number of carbonyl (C=O) groups excluding carboxylic acids is 2. The number of aromatic nitrogens is 1. The molecule has 0 bridgehead atoms. The summed E-state index contributed by atoms with van der Waals surface area (Å²) in [4.78, 5) is 44.8. The minimum Gasteiger partial charge on any atom is -0.508 e. The minimum atomic E-state index is -1.19. The van der Waals surface area contributed by atoms with Crippen LogP contribution in [0, 0.1) is 27.9 Å². The highest BCUT2D eigenvalue weighted by atomic mass is 16.6. The van der Waals surface area contributed by atoms with Gasteiger partial charge in [0.05, 0.1) is 34.2 Å². The number of anilines is 1. The lowest BCUT2D eigenvalue weighted by molar-refractivity contribution is -0.384. The van der Waals surface area contributed by atoms with Crippen LogP contribution in [0.1, 0.15) is 30.5 Å². The number of carbonyl (C=O) groups is 2. The Hall–Kier alpha value is -5.59. The number of hydrogen-bond acceptors (Lipinski definition) is 9. The zero-order chi connectivity index (χ0) is 34.8. The van der Waals surface area contributed by atoms with Crippen molar-refractivity contribution >= 4 is 42.0 Å².